The van der Waals surface area contributed by atoms with Crippen LogP contribution in [0.2, 0.25) is 0 Å². The number of hydrogen-bond donors (Lipinski definition) is 2. The maximum absolute atomic E-state index is 13.0. The number of amides is 1. The molecule has 3 rings (SSSR count). The summed E-state index contributed by atoms with van der Waals surface area (Å²) in [5, 5.41) is 20.5. The molecule has 2 aromatic rings. The molecule has 26 heavy (non-hydrogen) atoms. The first-order valence-corrected chi connectivity index (χ1v) is 8.76. The molecule has 1 saturated heterocycles. The van der Waals surface area contributed by atoms with E-state index in [1.54, 1.807) is 44.1 Å². The summed E-state index contributed by atoms with van der Waals surface area (Å²) in [5.74, 6) is 1.06. The van der Waals surface area contributed by atoms with Gasteiger partial charge in [-0.15, -0.1) is 0 Å². The van der Waals surface area contributed by atoms with Gasteiger partial charge in [-0.05, 0) is 50.5 Å². The molecular weight excluding hydrogens is 334 g/mol. The van der Waals surface area contributed by atoms with Crippen LogP contribution >= 0.6 is 0 Å². The van der Waals surface area contributed by atoms with Gasteiger partial charge < -0.3 is 24.3 Å². The lowest BCUT2D eigenvalue weighted by Gasteiger charge is -2.36. The zero-order valence-corrected chi connectivity index (χ0v) is 15.4. The van der Waals surface area contributed by atoms with Crippen LogP contribution in [-0.2, 0) is 12.2 Å². The molecule has 140 valence electrons. The van der Waals surface area contributed by atoms with Gasteiger partial charge in [0.25, 0.3) is 5.91 Å². The monoisotopic (exact) mass is 359 g/mol. The molecule has 1 aliphatic rings. The smallest absolute Gasteiger partial charge is 0.290 e. The molecule has 1 aliphatic heterocycles. The van der Waals surface area contributed by atoms with Crippen LogP contribution < -0.4 is 4.74 Å². The maximum atomic E-state index is 13.0. The minimum absolute atomic E-state index is 0.228. The van der Waals surface area contributed by atoms with Crippen LogP contribution in [0, 0.1) is 6.92 Å². The highest BCUT2D eigenvalue weighted by Gasteiger charge is 2.43. The normalized spacial score (nSPS) is 19.4. The van der Waals surface area contributed by atoms with E-state index in [1.807, 2.05) is 12.1 Å². The van der Waals surface area contributed by atoms with Crippen molar-refractivity contribution in [3.63, 3.8) is 0 Å². The summed E-state index contributed by atoms with van der Waals surface area (Å²) in [6.45, 7) is 3.83. The Morgan fingerprint density at radius 3 is 2.65 bits per heavy atom. The molecule has 6 heteroatoms. The van der Waals surface area contributed by atoms with Crippen molar-refractivity contribution in [1.29, 1.82) is 0 Å². The molecule has 1 amide bonds. The molecule has 2 N–H and O–H groups in total. The molecule has 0 bridgehead atoms. The zero-order valence-electron chi connectivity index (χ0n) is 15.4. The van der Waals surface area contributed by atoms with E-state index in [1.165, 1.54) is 0 Å². The second-order valence-electron chi connectivity index (χ2n) is 6.92. The predicted molar refractivity (Wildman–Crippen MR) is 96.0 cm³/mol. The highest BCUT2D eigenvalue weighted by Crippen LogP contribution is 2.36. The zero-order chi connectivity index (χ0) is 18.9. The van der Waals surface area contributed by atoms with E-state index in [0.717, 1.165) is 12.0 Å². The third-order valence-electron chi connectivity index (χ3n) is 5.16. The number of likely N-dealkylation sites (tertiary alicyclic amines) is 1. The summed E-state index contributed by atoms with van der Waals surface area (Å²) in [6, 6.07) is 8.55. The standard InChI is InChI=1S/C20H25NO5/c1-13-11-16(12-22)26-18(13)19(23)21-10-4-5-17(21)20(2,24)14-6-8-15(25-3)9-7-14/h6-9,11,17,22,24H,4-5,10,12H2,1-3H3/t17-,20+/m1/s1. The highest BCUT2D eigenvalue weighted by molar-refractivity contribution is 5.93. The van der Waals surface area contributed by atoms with Crippen LogP contribution in [0.3, 0.4) is 0 Å². The van der Waals surface area contributed by atoms with Crippen LogP contribution in [-0.4, -0.2) is 40.7 Å². The number of nitrogens with zero attached hydrogens (tertiary/aromatic N) is 1. The number of benzene rings is 1. The highest BCUT2D eigenvalue weighted by atomic mass is 16.5. The average molecular weight is 359 g/mol. The van der Waals surface area contributed by atoms with E-state index >= 15 is 0 Å². The van der Waals surface area contributed by atoms with Crippen molar-refractivity contribution < 1.29 is 24.2 Å². The maximum Gasteiger partial charge on any atom is 0.290 e. The lowest BCUT2D eigenvalue weighted by molar-refractivity contribution is -0.0186. The third-order valence-corrected chi connectivity index (χ3v) is 5.16. The first-order chi connectivity index (χ1) is 12.4. The Hall–Kier alpha value is -2.31. The molecule has 0 saturated carbocycles. The molecule has 1 aromatic carbocycles. The van der Waals surface area contributed by atoms with Crippen molar-refractivity contribution in [1.82, 2.24) is 4.90 Å². The molecule has 6 nitrogen and oxygen atoms in total. The Labute approximate surface area is 153 Å². The fourth-order valence-corrected chi connectivity index (χ4v) is 3.68. The van der Waals surface area contributed by atoms with Crippen LogP contribution in [0.4, 0.5) is 0 Å². The molecule has 2 heterocycles. The van der Waals surface area contributed by atoms with Gasteiger partial charge >= 0.3 is 0 Å². The molecule has 1 aromatic heterocycles. The summed E-state index contributed by atoms with van der Waals surface area (Å²) >= 11 is 0. The molecule has 0 aliphatic carbocycles. The average Bonchev–Trinajstić information content (AvgIpc) is 3.28. The lowest BCUT2D eigenvalue weighted by Crippen LogP contribution is -2.48. The summed E-state index contributed by atoms with van der Waals surface area (Å²) in [5.41, 5.74) is 0.225. The van der Waals surface area contributed by atoms with Crippen molar-refractivity contribution in [3.05, 3.63) is 53.0 Å². The van der Waals surface area contributed by atoms with Gasteiger partial charge in [-0.1, -0.05) is 12.1 Å². The Kier molecular flexibility index (Phi) is 5.07. The summed E-state index contributed by atoms with van der Waals surface area (Å²) in [6.07, 6.45) is 1.52. The van der Waals surface area contributed by atoms with Gasteiger partial charge in [-0.3, -0.25) is 4.79 Å². The van der Waals surface area contributed by atoms with Crippen molar-refractivity contribution in [2.45, 2.75) is 44.9 Å². The fraction of sp³-hybridized carbons (Fsp3) is 0.450. The summed E-state index contributed by atoms with van der Waals surface area (Å²) in [4.78, 5) is 14.7. The third kappa shape index (κ3) is 3.22. The predicted octanol–water partition coefficient (Wildman–Crippen LogP) is 2.60. The van der Waals surface area contributed by atoms with Crippen LogP contribution in [0.5, 0.6) is 5.75 Å². The number of carbonyl (C=O) groups is 1. The second-order valence-corrected chi connectivity index (χ2v) is 6.92. The molecule has 0 spiro atoms. The van der Waals surface area contributed by atoms with E-state index < -0.39 is 5.60 Å². The van der Waals surface area contributed by atoms with Gasteiger partial charge in [-0.25, -0.2) is 0 Å². The van der Waals surface area contributed by atoms with Gasteiger partial charge in [0.15, 0.2) is 5.76 Å². The van der Waals surface area contributed by atoms with Gasteiger partial charge in [-0.2, -0.15) is 0 Å². The second kappa shape index (κ2) is 7.13. The lowest BCUT2D eigenvalue weighted by atomic mass is 9.86. The number of aliphatic hydroxyl groups is 2. The van der Waals surface area contributed by atoms with Crippen LogP contribution in [0.15, 0.2) is 34.7 Å². The minimum Gasteiger partial charge on any atom is -0.497 e. The van der Waals surface area contributed by atoms with Crippen LogP contribution in [0.1, 0.15) is 47.2 Å². The van der Waals surface area contributed by atoms with Gasteiger partial charge in [0.2, 0.25) is 0 Å². The first-order valence-electron chi connectivity index (χ1n) is 8.76. The van der Waals surface area contributed by atoms with Crippen molar-refractivity contribution in [2.24, 2.45) is 0 Å². The number of aryl methyl sites for hydroxylation is 1. The van der Waals surface area contributed by atoms with E-state index in [9.17, 15) is 15.0 Å². The summed E-state index contributed by atoms with van der Waals surface area (Å²) in [7, 11) is 1.59. The Morgan fingerprint density at radius 2 is 2.08 bits per heavy atom. The Balaban J connectivity index is 1.88. The molecule has 0 radical (unpaired) electrons. The minimum atomic E-state index is -1.20. The van der Waals surface area contributed by atoms with E-state index in [-0.39, 0.29) is 24.3 Å². The molecule has 0 unspecified atom stereocenters. The number of carbonyl (C=O) groups excluding carboxylic acids is 1. The summed E-state index contributed by atoms with van der Waals surface area (Å²) < 4.78 is 10.7. The molecule has 1 fully saturated rings. The van der Waals surface area contributed by atoms with Crippen molar-refractivity contribution in [2.75, 3.05) is 13.7 Å². The number of aliphatic hydroxyl groups excluding tert-OH is 1. The van der Waals surface area contributed by atoms with Crippen molar-refractivity contribution in [3.8, 4) is 5.75 Å². The largest absolute Gasteiger partial charge is 0.497 e. The Bertz CT molecular complexity index is 778. The SMILES string of the molecule is COc1ccc([C@](C)(O)[C@H]2CCCN2C(=O)c2oc(CO)cc2C)cc1. The fourth-order valence-electron chi connectivity index (χ4n) is 3.68. The van der Waals surface area contributed by atoms with Crippen molar-refractivity contribution >= 4 is 5.91 Å². The van der Waals surface area contributed by atoms with Gasteiger partial charge in [0.05, 0.1) is 13.2 Å². The number of rotatable bonds is 5. The quantitative estimate of drug-likeness (QED) is 0.857. The molecular formula is C20H25NO5. The number of hydrogen-bond acceptors (Lipinski definition) is 5. The number of methoxy groups -OCH3 is 1. The number of ether oxygens (including phenoxy) is 1. The molecule has 2 atom stereocenters. The Morgan fingerprint density at radius 1 is 1.38 bits per heavy atom. The van der Waals surface area contributed by atoms with E-state index in [0.29, 0.717) is 30.0 Å². The first kappa shape index (κ1) is 18.5. The topological polar surface area (TPSA) is 83.1 Å². The van der Waals surface area contributed by atoms with Crippen LogP contribution in [0.25, 0.3) is 0 Å². The van der Waals surface area contributed by atoms with Gasteiger partial charge in [0, 0.05) is 12.1 Å². The van der Waals surface area contributed by atoms with E-state index in [4.69, 9.17) is 9.15 Å². The van der Waals surface area contributed by atoms with Gasteiger partial charge in [0.1, 0.15) is 23.7 Å². The number of furan rings is 1. The van der Waals surface area contributed by atoms with E-state index in [2.05, 4.69) is 0 Å².